The van der Waals surface area contributed by atoms with E-state index in [1.54, 1.807) is 6.20 Å². The Kier molecular flexibility index (Phi) is 6.10. The van der Waals surface area contributed by atoms with Crippen molar-refractivity contribution in [3.05, 3.63) is 16.9 Å². The van der Waals surface area contributed by atoms with Gasteiger partial charge in [-0.15, -0.1) is 0 Å². The van der Waals surface area contributed by atoms with E-state index >= 15 is 0 Å². The highest BCUT2D eigenvalue weighted by Crippen LogP contribution is 2.41. The van der Waals surface area contributed by atoms with Crippen LogP contribution >= 0.6 is 35.1 Å². The zero-order chi connectivity index (χ0) is 14.7. The lowest BCUT2D eigenvalue weighted by atomic mass is 10.1. The van der Waals surface area contributed by atoms with E-state index in [-0.39, 0.29) is 12.1 Å². The van der Waals surface area contributed by atoms with E-state index < -0.39 is 0 Å². The summed E-state index contributed by atoms with van der Waals surface area (Å²) in [7, 11) is 0. The Bertz CT molecular complexity index is 438. The second-order valence-electron chi connectivity index (χ2n) is 5.21. The number of hydrogen-bond acceptors (Lipinski definition) is 5. The molecule has 0 radical (unpaired) electrons. The summed E-state index contributed by atoms with van der Waals surface area (Å²) >= 11 is 10.4. The average molecular weight is 335 g/mol. The normalized spacial score (nSPS) is 25.1. The van der Waals surface area contributed by atoms with Crippen LogP contribution in [0.5, 0.6) is 0 Å². The zero-order valence-electron chi connectivity index (χ0n) is 12.2. The summed E-state index contributed by atoms with van der Waals surface area (Å²) in [4.78, 5) is 0. The van der Waals surface area contributed by atoms with E-state index in [1.807, 2.05) is 28.2 Å². The molecule has 1 aliphatic heterocycles. The largest absolute Gasteiger partial charge is 0.271 e. The smallest absolute Gasteiger partial charge is 0.0835 e. The molecule has 1 aromatic heterocycles. The second-order valence-corrected chi connectivity index (χ2v) is 8.25. The van der Waals surface area contributed by atoms with Crippen LogP contribution in [0, 0.1) is 0 Å². The van der Waals surface area contributed by atoms with Crippen molar-refractivity contribution in [2.45, 2.75) is 49.8 Å². The number of rotatable bonds is 5. The molecule has 114 valence electrons. The van der Waals surface area contributed by atoms with Crippen LogP contribution in [-0.4, -0.2) is 31.8 Å². The van der Waals surface area contributed by atoms with Gasteiger partial charge in [-0.2, -0.15) is 28.6 Å². The molecule has 0 spiro atoms. The van der Waals surface area contributed by atoms with Crippen LogP contribution in [0.1, 0.15) is 45.0 Å². The molecule has 7 heteroatoms. The molecular formula is C13H23ClN4S2. The third-order valence-electron chi connectivity index (χ3n) is 3.57. The molecule has 0 saturated carbocycles. The van der Waals surface area contributed by atoms with E-state index in [2.05, 4.69) is 31.3 Å². The van der Waals surface area contributed by atoms with Crippen molar-refractivity contribution in [3.63, 3.8) is 0 Å². The highest BCUT2D eigenvalue weighted by atomic mass is 35.5. The zero-order valence-corrected chi connectivity index (χ0v) is 14.6. The summed E-state index contributed by atoms with van der Waals surface area (Å²) in [6.45, 7) is 6.46. The van der Waals surface area contributed by atoms with Gasteiger partial charge in [0.1, 0.15) is 0 Å². The molecule has 1 fully saturated rings. The van der Waals surface area contributed by atoms with E-state index in [0.717, 1.165) is 17.9 Å². The molecule has 2 heterocycles. The summed E-state index contributed by atoms with van der Waals surface area (Å²) in [5.74, 6) is 8.26. The highest BCUT2D eigenvalue weighted by Gasteiger charge is 2.35. The van der Waals surface area contributed by atoms with Gasteiger partial charge in [0.2, 0.25) is 0 Å². The van der Waals surface area contributed by atoms with E-state index in [9.17, 15) is 0 Å². The second kappa shape index (κ2) is 7.40. The number of nitrogens with one attached hydrogen (secondary N) is 1. The van der Waals surface area contributed by atoms with Crippen LogP contribution in [0.15, 0.2) is 6.20 Å². The van der Waals surface area contributed by atoms with Crippen LogP contribution < -0.4 is 11.3 Å². The number of nitrogens with zero attached hydrogens (tertiary/aromatic N) is 2. The summed E-state index contributed by atoms with van der Waals surface area (Å²) in [6.07, 6.45) is 2.87. The van der Waals surface area contributed by atoms with Crippen LogP contribution in [-0.2, 0) is 0 Å². The van der Waals surface area contributed by atoms with E-state index in [0.29, 0.717) is 15.5 Å². The fraction of sp³-hybridized carbons (Fsp3) is 0.769. The summed E-state index contributed by atoms with van der Waals surface area (Å²) < 4.78 is 1.99. The number of thioether (sulfide) groups is 2. The first-order valence-electron chi connectivity index (χ1n) is 7.02. The van der Waals surface area contributed by atoms with Crippen LogP contribution in [0.4, 0.5) is 0 Å². The number of halogens is 1. The minimum absolute atomic E-state index is 0.0372. The maximum Gasteiger partial charge on any atom is 0.0835 e. The molecule has 3 atom stereocenters. The van der Waals surface area contributed by atoms with Crippen molar-refractivity contribution in [1.29, 1.82) is 0 Å². The van der Waals surface area contributed by atoms with Gasteiger partial charge in [-0.05, 0) is 20.3 Å². The molecule has 1 saturated heterocycles. The lowest BCUT2D eigenvalue weighted by Gasteiger charge is -2.36. The van der Waals surface area contributed by atoms with Gasteiger partial charge in [0.15, 0.2) is 0 Å². The van der Waals surface area contributed by atoms with Gasteiger partial charge in [-0.25, -0.2) is 0 Å². The Morgan fingerprint density at radius 2 is 2.20 bits per heavy atom. The monoisotopic (exact) mass is 334 g/mol. The predicted molar refractivity (Wildman–Crippen MR) is 90.5 cm³/mol. The van der Waals surface area contributed by atoms with Gasteiger partial charge < -0.3 is 0 Å². The molecule has 1 aliphatic rings. The molecule has 0 aliphatic carbocycles. The van der Waals surface area contributed by atoms with Crippen molar-refractivity contribution in [1.82, 2.24) is 15.2 Å². The third kappa shape index (κ3) is 3.30. The number of aromatic nitrogens is 2. The van der Waals surface area contributed by atoms with Crippen LogP contribution in [0.2, 0.25) is 5.02 Å². The van der Waals surface area contributed by atoms with Gasteiger partial charge in [-0.3, -0.25) is 16.0 Å². The maximum absolute atomic E-state index is 6.38. The SMILES string of the molecule is CCC1SCCSC1C(NN)c1c(Cl)cnn1C(C)C. The number of hydrazine groups is 1. The first-order valence-corrected chi connectivity index (χ1v) is 9.49. The fourth-order valence-electron chi connectivity index (χ4n) is 2.63. The Morgan fingerprint density at radius 3 is 2.80 bits per heavy atom. The molecular weight excluding hydrogens is 312 g/mol. The molecule has 3 unspecified atom stereocenters. The van der Waals surface area contributed by atoms with Crippen molar-refractivity contribution in [2.75, 3.05) is 11.5 Å². The van der Waals surface area contributed by atoms with Crippen molar-refractivity contribution >= 4 is 35.1 Å². The average Bonchev–Trinajstić information content (AvgIpc) is 2.83. The molecule has 1 aromatic rings. The van der Waals surface area contributed by atoms with Crippen LogP contribution in [0.25, 0.3) is 0 Å². The third-order valence-corrected chi connectivity index (χ3v) is 7.22. The topological polar surface area (TPSA) is 55.9 Å². The lowest BCUT2D eigenvalue weighted by Crippen LogP contribution is -2.43. The number of hydrogen-bond donors (Lipinski definition) is 2. The molecule has 0 bridgehead atoms. The van der Waals surface area contributed by atoms with Gasteiger partial charge in [0, 0.05) is 28.0 Å². The Labute approximate surface area is 134 Å². The quantitative estimate of drug-likeness (QED) is 0.639. The maximum atomic E-state index is 6.38. The molecule has 3 N–H and O–H groups in total. The highest BCUT2D eigenvalue weighted by molar-refractivity contribution is 8.07. The Hall–Kier alpha value is 0.120. The first kappa shape index (κ1) is 16.5. The summed E-state index contributed by atoms with van der Waals surface area (Å²) in [5, 5.41) is 6.13. The van der Waals surface area contributed by atoms with Gasteiger partial charge in [0.05, 0.1) is 23.0 Å². The van der Waals surface area contributed by atoms with E-state index in [4.69, 9.17) is 17.4 Å². The first-order chi connectivity index (χ1) is 9.60. The van der Waals surface area contributed by atoms with Crippen molar-refractivity contribution < 1.29 is 0 Å². The molecule has 0 amide bonds. The minimum Gasteiger partial charge on any atom is -0.271 e. The van der Waals surface area contributed by atoms with Gasteiger partial charge in [0.25, 0.3) is 0 Å². The summed E-state index contributed by atoms with van der Waals surface area (Å²) in [5.41, 5.74) is 4.01. The molecule has 2 rings (SSSR count). The molecule has 4 nitrogen and oxygen atoms in total. The van der Waals surface area contributed by atoms with Crippen LogP contribution in [0.3, 0.4) is 0 Å². The van der Waals surface area contributed by atoms with E-state index in [1.165, 1.54) is 5.75 Å². The predicted octanol–water partition coefficient (Wildman–Crippen LogP) is 3.25. The Morgan fingerprint density at radius 1 is 1.50 bits per heavy atom. The van der Waals surface area contributed by atoms with Crippen molar-refractivity contribution in [2.24, 2.45) is 5.84 Å². The minimum atomic E-state index is 0.0372. The molecule has 0 aromatic carbocycles. The number of nitrogens with two attached hydrogens (primary N) is 1. The van der Waals surface area contributed by atoms with Gasteiger partial charge >= 0.3 is 0 Å². The summed E-state index contributed by atoms with van der Waals surface area (Å²) in [6, 6.07) is 0.310. The lowest BCUT2D eigenvalue weighted by molar-refractivity contribution is 0.434. The fourth-order valence-corrected chi connectivity index (χ4v) is 6.08. The van der Waals surface area contributed by atoms with Crippen molar-refractivity contribution in [3.8, 4) is 0 Å². The van der Waals surface area contributed by atoms with Gasteiger partial charge in [-0.1, -0.05) is 18.5 Å². The standard InChI is InChI=1S/C13H23ClN4S2/c1-4-10-13(20-6-5-19-10)11(17-15)12-9(14)7-16-18(12)8(2)3/h7-8,10-11,13,17H,4-6,15H2,1-3H3. The Balaban J connectivity index is 2.34. The molecule has 20 heavy (non-hydrogen) atoms.